The molecule has 27 heavy (non-hydrogen) atoms. The van der Waals surface area contributed by atoms with Gasteiger partial charge in [0, 0.05) is 23.6 Å². The minimum absolute atomic E-state index is 0.142. The number of carbonyl (C=O) groups excluding carboxylic acids is 3. The molecule has 0 aliphatic carbocycles. The summed E-state index contributed by atoms with van der Waals surface area (Å²) in [4.78, 5) is 36.4. The number of benzene rings is 1. The molecule has 2 aromatic rings. The molecule has 6 nitrogen and oxygen atoms in total. The minimum atomic E-state index is -0.438. The third-order valence-electron chi connectivity index (χ3n) is 3.76. The molecule has 2 rings (SSSR count). The van der Waals surface area contributed by atoms with Gasteiger partial charge in [0.1, 0.15) is 5.00 Å². The Morgan fingerprint density at radius 1 is 1.11 bits per heavy atom. The summed E-state index contributed by atoms with van der Waals surface area (Å²) in [5, 5.41) is 5.92. The summed E-state index contributed by atoms with van der Waals surface area (Å²) in [5.41, 5.74) is 2.71. The van der Waals surface area contributed by atoms with Crippen molar-refractivity contribution in [3.05, 3.63) is 51.9 Å². The average Bonchev–Trinajstić information content (AvgIpc) is 2.88. The van der Waals surface area contributed by atoms with Crippen LogP contribution in [-0.4, -0.2) is 24.4 Å². The predicted octanol–water partition coefficient (Wildman–Crippen LogP) is 4.15. The van der Waals surface area contributed by atoms with Gasteiger partial charge in [0.25, 0.3) is 0 Å². The van der Waals surface area contributed by atoms with Crippen LogP contribution in [0.1, 0.15) is 40.2 Å². The van der Waals surface area contributed by atoms with Crippen molar-refractivity contribution in [1.82, 2.24) is 0 Å². The Morgan fingerprint density at radius 2 is 1.78 bits per heavy atom. The van der Waals surface area contributed by atoms with Gasteiger partial charge in [-0.25, -0.2) is 4.79 Å². The third kappa shape index (κ3) is 5.52. The maximum absolute atomic E-state index is 12.3. The first-order valence-electron chi connectivity index (χ1n) is 8.45. The van der Waals surface area contributed by atoms with Crippen LogP contribution in [0, 0.1) is 13.8 Å². The lowest BCUT2D eigenvalue weighted by molar-refractivity contribution is -0.114. The molecule has 1 aromatic carbocycles. The summed E-state index contributed by atoms with van der Waals surface area (Å²) in [7, 11) is 0. The second kappa shape index (κ2) is 9.14. The van der Waals surface area contributed by atoms with Gasteiger partial charge in [-0.3, -0.25) is 9.59 Å². The number of rotatable bonds is 6. The highest BCUT2D eigenvalue weighted by molar-refractivity contribution is 7.16. The lowest BCUT2D eigenvalue weighted by Gasteiger charge is -2.05. The molecule has 0 spiro atoms. The van der Waals surface area contributed by atoms with E-state index in [1.165, 1.54) is 24.3 Å². The zero-order valence-corrected chi connectivity index (χ0v) is 16.5. The van der Waals surface area contributed by atoms with Crippen LogP contribution in [-0.2, 0) is 14.3 Å². The van der Waals surface area contributed by atoms with Crippen LogP contribution in [0.25, 0.3) is 6.08 Å². The number of aryl methyl sites for hydroxylation is 1. The minimum Gasteiger partial charge on any atom is -0.462 e. The van der Waals surface area contributed by atoms with Gasteiger partial charge < -0.3 is 15.4 Å². The monoisotopic (exact) mass is 386 g/mol. The summed E-state index contributed by atoms with van der Waals surface area (Å²) >= 11 is 1.35. The fourth-order valence-corrected chi connectivity index (χ4v) is 3.42. The first kappa shape index (κ1) is 20.4. The van der Waals surface area contributed by atoms with E-state index < -0.39 is 5.97 Å². The Balaban J connectivity index is 2.09. The van der Waals surface area contributed by atoms with E-state index in [2.05, 4.69) is 10.6 Å². The maximum atomic E-state index is 12.3. The second-order valence-corrected chi connectivity index (χ2v) is 7.06. The highest BCUT2D eigenvalue weighted by Crippen LogP contribution is 2.33. The van der Waals surface area contributed by atoms with Crippen molar-refractivity contribution in [3.63, 3.8) is 0 Å². The standard InChI is InChI=1S/C20H22N2O4S/c1-5-26-20(25)18-12(2)13(3)27-19(18)22-17(24)11-8-15-6-9-16(10-7-15)21-14(4)23/h6-11H,5H2,1-4H3,(H,21,23)(H,22,24)/b11-8+. The zero-order valence-electron chi connectivity index (χ0n) is 15.7. The van der Waals surface area contributed by atoms with Gasteiger partial charge in [-0.1, -0.05) is 12.1 Å². The number of carbonyl (C=O) groups is 3. The fraction of sp³-hybridized carbons (Fsp3) is 0.250. The lowest BCUT2D eigenvalue weighted by atomic mass is 10.1. The predicted molar refractivity (Wildman–Crippen MR) is 108 cm³/mol. The third-order valence-corrected chi connectivity index (χ3v) is 4.88. The first-order chi connectivity index (χ1) is 12.8. The molecule has 1 heterocycles. The van der Waals surface area contributed by atoms with E-state index >= 15 is 0 Å². The molecular weight excluding hydrogens is 364 g/mol. The molecule has 0 bridgehead atoms. The molecule has 0 radical (unpaired) electrons. The fourth-order valence-electron chi connectivity index (χ4n) is 2.37. The van der Waals surface area contributed by atoms with E-state index in [-0.39, 0.29) is 18.4 Å². The van der Waals surface area contributed by atoms with Crippen LogP contribution in [0.5, 0.6) is 0 Å². The normalized spacial score (nSPS) is 10.7. The van der Waals surface area contributed by atoms with Crippen molar-refractivity contribution >= 4 is 45.9 Å². The molecule has 0 saturated carbocycles. The van der Waals surface area contributed by atoms with Gasteiger partial charge >= 0.3 is 5.97 Å². The molecular formula is C20H22N2O4S. The summed E-state index contributed by atoms with van der Waals surface area (Å²) in [6.07, 6.45) is 3.05. The number of anilines is 2. The number of nitrogens with one attached hydrogen (secondary N) is 2. The average molecular weight is 386 g/mol. The lowest BCUT2D eigenvalue weighted by Crippen LogP contribution is -2.12. The van der Waals surface area contributed by atoms with Crippen LogP contribution < -0.4 is 10.6 Å². The molecule has 7 heteroatoms. The first-order valence-corrected chi connectivity index (χ1v) is 9.27. The Bertz CT molecular complexity index is 882. The van der Waals surface area contributed by atoms with Crippen molar-refractivity contribution in [2.24, 2.45) is 0 Å². The zero-order chi connectivity index (χ0) is 20.0. The van der Waals surface area contributed by atoms with Crippen LogP contribution in [0.15, 0.2) is 30.3 Å². The number of hydrogen-bond donors (Lipinski definition) is 2. The van der Waals surface area contributed by atoms with Gasteiger partial charge in [-0.15, -0.1) is 11.3 Å². The van der Waals surface area contributed by atoms with Crippen LogP contribution in [0.3, 0.4) is 0 Å². The molecule has 2 N–H and O–H groups in total. The summed E-state index contributed by atoms with van der Waals surface area (Å²) in [6, 6.07) is 7.09. The van der Waals surface area contributed by atoms with E-state index in [1.54, 1.807) is 37.3 Å². The van der Waals surface area contributed by atoms with E-state index in [0.29, 0.717) is 16.3 Å². The number of hydrogen-bond acceptors (Lipinski definition) is 5. The number of esters is 1. The Morgan fingerprint density at radius 3 is 2.37 bits per heavy atom. The SMILES string of the molecule is CCOC(=O)c1c(NC(=O)/C=C/c2ccc(NC(C)=O)cc2)sc(C)c1C. The molecule has 0 saturated heterocycles. The van der Waals surface area contributed by atoms with E-state index in [4.69, 9.17) is 4.74 Å². The molecule has 0 aliphatic heterocycles. The van der Waals surface area contributed by atoms with Crippen LogP contribution >= 0.6 is 11.3 Å². The van der Waals surface area contributed by atoms with Gasteiger partial charge in [0.15, 0.2) is 0 Å². The molecule has 1 aromatic heterocycles. The van der Waals surface area contributed by atoms with Gasteiger partial charge in [-0.05, 0) is 50.1 Å². The largest absolute Gasteiger partial charge is 0.462 e. The maximum Gasteiger partial charge on any atom is 0.341 e. The van der Waals surface area contributed by atoms with Crippen LogP contribution in [0.2, 0.25) is 0 Å². The van der Waals surface area contributed by atoms with Crippen molar-refractivity contribution in [3.8, 4) is 0 Å². The topological polar surface area (TPSA) is 84.5 Å². The van der Waals surface area contributed by atoms with Gasteiger partial charge in [-0.2, -0.15) is 0 Å². The molecule has 0 atom stereocenters. The van der Waals surface area contributed by atoms with Crippen molar-refractivity contribution < 1.29 is 19.1 Å². The summed E-state index contributed by atoms with van der Waals surface area (Å²) in [6.45, 7) is 7.18. The molecule has 0 unspecified atom stereocenters. The van der Waals surface area contributed by atoms with E-state index in [0.717, 1.165) is 16.0 Å². The summed E-state index contributed by atoms with van der Waals surface area (Å²) < 4.78 is 5.08. The quantitative estimate of drug-likeness (QED) is 0.577. The smallest absolute Gasteiger partial charge is 0.341 e. The van der Waals surface area contributed by atoms with Gasteiger partial charge in [0.2, 0.25) is 11.8 Å². The number of amides is 2. The molecule has 0 fully saturated rings. The summed E-state index contributed by atoms with van der Waals surface area (Å²) in [5.74, 6) is -0.920. The van der Waals surface area contributed by atoms with Gasteiger partial charge in [0.05, 0.1) is 12.2 Å². The molecule has 142 valence electrons. The Labute approximate surface area is 162 Å². The Kier molecular flexibility index (Phi) is 6.90. The molecule has 2 amide bonds. The number of thiophene rings is 1. The van der Waals surface area contributed by atoms with Crippen molar-refractivity contribution in [2.45, 2.75) is 27.7 Å². The molecule has 0 aliphatic rings. The van der Waals surface area contributed by atoms with Crippen molar-refractivity contribution in [2.75, 3.05) is 17.2 Å². The van der Waals surface area contributed by atoms with E-state index in [1.807, 2.05) is 13.8 Å². The van der Waals surface area contributed by atoms with E-state index in [9.17, 15) is 14.4 Å². The van der Waals surface area contributed by atoms with Crippen molar-refractivity contribution in [1.29, 1.82) is 0 Å². The Hall–Kier alpha value is -2.93. The van der Waals surface area contributed by atoms with Crippen LogP contribution in [0.4, 0.5) is 10.7 Å². The highest BCUT2D eigenvalue weighted by atomic mass is 32.1. The second-order valence-electron chi connectivity index (χ2n) is 5.83. The number of ether oxygens (including phenoxy) is 1. The highest BCUT2D eigenvalue weighted by Gasteiger charge is 2.21.